The summed E-state index contributed by atoms with van der Waals surface area (Å²) < 4.78 is 4.79. The molecule has 0 fully saturated rings. The van der Waals surface area contributed by atoms with Crippen molar-refractivity contribution in [1.82, 2.24) is 0 Å². The molecule has 43 valence electrons. The van der Waals surface area contributed by atoms with Crippen molar-refractivity contribution in [2.75, 3.05) is 0 Å². The average molecular weight is 167 g/mol. The van der Waals surface area contributed by atoms with Gasteiger partial charge in [0.1, 0.15) is 0 Å². The Bertz CT molecular complexity index is 80.5. The van der Waals surface area contributed by atoms with Crippen LogP contribution in [0.5, 0.6) is 0 Å². The molecule has 0 rings (SSSR count). The van der Waals surface area contributed by atoms with Gasteiger partial charge in [-0.05, 0) is 0 Å². The zero-order valence-corrected chi connectivity index (χ0v) is 8.28. The maximum atomic E-state index is 10.4. The Morgan fingerprint density at radius 1 is 1.75 bits per heavy atom. The molecule has 0 atom stereocenters. The van der Waals surface area contributed by atoms with Crippen LogP contribution in [0.4, 0.5) is 0 Å². The van der Waals surface area contributed by atoms with Gasteiger partial charge in [0.05, 0.1) is 0 Å². The monoisotopic (exact) mass is 165 g/mol. The second-order valence-electron chi connectivity index (χ2n) is 1.79. The summed E-state index contributed by atoms with van der Waals surface area (Å²) in [6.07, 6.45) is 0.0500. The Morgan fingerprint density at radius 3 is 2.38 bits per heavy atom. The molecule has 0 heterocycles. The number of carbonyl (C=O) groups is 1. The molecule has 0 radical (unpaired) electrons. The molecule has 8 heavy (non-hydrogen) atoms. The fourth-order valence-corrected chi connectivity index (χ4v) is 0.569. The van der Waals surface area contributed by atoms with Crippen molar-refractivity contribution >= 4 is 5.97 Å². The minimum absolute atomic E-state index is 0.0500. The van der Waals surface area contributed by atoms with E-state index in [4.69, 9.17) is 4.74 Å². The second-order valence-corrected chi connectivity index (χ2v) is 2.84. The van der Waals surface area contributed by atoms with Crippen molar-refractivity contribution in [2.24, 2.45) is 0 Å². The Kier molecular flexibility index (Phi) is 4.07. The van der Waals surface area contributed by atoms with Crippen molar-refractivity contribution in [3.8, 4) is 0 Å². The molecule has 0 aromatic carbocycles. The summed E-state index contributed by atoms with van der Waals surface area (Å²) >= 11 is 0.992. The normalized spacial score (nSPS) is 9.62. The van der Waals surface area contributed by atoms with Crippen molar-refractivity contribution in [3.05, 3.63) is 0 Å². The molecule has 0 saturated carbocycles. The van der Waals surface area contributed by atoms with E-state index in [0.717, 1.165) is 18.3 Å². The number of ether oxygens (including phenoxy) is 1. The summed E-state index contributed by atoms with van der Waals surface area (Å²) in [5, 5.41) is 0.595. The van der Waals surface area contributed by atoms with Crippen molar-refractivity contribution < 1.29 is 27.8 Å². The Balaban J connectivity index is 3.25. The van der Waals surface area contributed by atoms with Crippen LogP contribution in [0.3, 0.4) is 0 Å². The first-order chi connectivity index (χ1) is 3.66. The molecule has 0 aromatic heterocycles. The third kappa shape index (κ3) is 4.26. The van der Waals surface area contributed by atoms with E-state index in [0.29, 0.717) is 5.02 Å². The first-order valence-electron chi connectivity index (χ1n) is 2.65. The molecule has 2 nitrogen and oxygen atoms in total. The van der Waals surface area contributed by atoms with Crippen molar-refractivity contribution in [3.63, 3.8) is 0 Å². The molecule has 0 spiro atoms. The fourth-order valence-electron chi connectivity index (χ4n) is 0.322. The second kappa shape index (κ2) is 4.02. The van der Waals surface area contributed by atoms with Crippen LogP contribution in [0.1, 0.15) is 13.8 Å². The van der Waals surface area contributed by atoms with E-state index >= 15 is 0 Å². The van der Waals surface area contributed by atoms with Gasteiger partial charge in [0.25, 0.3) is 0 Å². The molecule has 0 aliphatic heterocycles. The predicted molar refractivity (Wildman–Crippen MR) is 26.0 cm³/mol. The van der Waals surface area contributed by atoms with E-state index in [-0.39, 0.29) is 12.1 Å². The van der Waals surface area contributed by atoms with Gasteiger partial charge in [0, 0.05) is 0 Å². The van der Waals surface area contributed by atoms with E-state index in [1.807, 2.05) is 13.8 Å². The summed E-state index contributed by atoms with van der Waals surface area (Å²) in [4.78, 5) is 10.4. The quantitative estimate of drug-likeness (QED) is 0.450. The van der Waals surface area contributed by atoms with Gasteiger partial charge in [0.2, 0.25) is 0 Å². The number of esters is 1. The maximum absolute atomic E-state index is 10.4. The molecule has 0 saturated heterocycles. The minimum atomic E-state index is -0.0694. The van der Waals surface area contributed by atoms with Crippen LogP contribution in [0.2, 0.25) is 5.02 Å². The van der Waals surface area contributed by atoms with Crippen LogP contribution in [-0.2, 0) is 27.8 Å². The van der Waals surface area contributed by atoms with Gasteiger partial charge in [-0.25, -0.2) is 0 Å². The summed E-state index contributed by atoms with van der Waals surface area (Å²) in [6.45, 7) is 3.71. The molecular formula is C5H9O2Zn. The van der Waals surface area contributed by atoms with Gasteiger partial charge < -0.3 is 0 Å². The molecule has 0 aromatic rings. The zero-order chi connectivity index (χ0) is 6.57. The Hall–Kier alpha value is 0.0934. The zero-order valence-electron chi connectivity index (χ0n) is 5.31. The molecule has 3 heteroatoms. The molecule has 0 amide bonds. The average Bonchev–Trinajstić information content (AvgIpc) is 1.65. The van der Waals surface area contributed by atoms with Crippen LogP contribution in [-0.4, -0.2) is 12.1 Å². The summed E-state index contributed by atoms with van der Waals surface area (Å²) in [6, 6.07) is 0. The fraction of sp³-hybridized carbons (Fsp3) is 0.800. The number of rotatable bonds is 2. The Labute approximate surface area is 59.3 Å². The number of hydrogen-bond acceptors (Lipinski definition) is 2. The molecule has 0 unspecified atom stereocenters. The van der Waals surface area contributed by atoms with Gasteiger partial charge in [-0.1, -0.05) is 0 Å². The van der Waals surface area contributed by atoms with E-state index in [1.54, 1.807) is 0 Å². The van der Waals surface area contributed by atoms with Crippen molar-refractivity contribution in [2.45, 2.75) is 25.0 Å². The van der Waals surface area contributed by atoms with Crippen LogP contribution in [0, 0.1) is 0 Å². The van der Waals surface area contributed by atoms with Gasteiger partial charge in [0.15, 0.2) is 0 Å². The van der Waals surface area contributed by atoms with Crippen LogP contribution >= 0.6 is 0 Å². The Morgan fingerprint density at radius 2 is 2.25 bits per heavy atom. The summed E-state index contributed by atoms with van der Waals surface area (Å²) in [7, 11) is 0. The third-order valence-corrected chi connectivity index (χ3v) is 1.43. The summed E-state index contributed by atoms with van der Waals surface area (Å²) in [5.74, 6) is -0.0694. The molecule has 0 aliphatic rings. The first kappa shape index (κ1) is 8.09. The van der Waals surface area contributed by atoms with Gasteiger partial charge in [-0.3, -0.25) is 0 Å². The molecule has 0 N–H and O–H groups in total. The van der Waals surface area contributed by atoms with Gasteiger partial charge in [-0.15, -0.1) is 0 Å². The summed E-state index contributed by atoms with van der Waals surface area (Å²) in [5.41, 5.74) is 0. The number of carbonyl (C=O) groups excluding carboxylic acids is 1. The standard InChI is InChI=1S/C5H9O2.Zn/c1-4(2)7-5(3)6;/h4H,3H2,1-2H3;. The van der Waals surface area contributed by atoms with Crippen molar-refractivity contribution in [1.29, 1.82) is 0 Å². The topological polar surface area (TPSA) is 26.3 Å². The third-order valence-electron chi connectivity index (χ3n) is 0.571. The molecular weight excluding hydrogens is 157 g/mol. The SMILES string of the molecule is CC(C)OC(=O)[CH2][Zn]. The first-order valence-corrected chi connectivity index (χ1v) is 4.75. The van der Waals surface area contributed by atoms with Gasteiger partial charge in [-0.2, -0.15) is 0 Å². The molecule has 0 aliphatic carbocycles. The van der Waals surface area contributed by atoms with E-state index < -0.39 is 0 Å². The van der Waals surface area contributed by atoms with Crippen LogP contribution < -0.4 is 0 Å². The van der Waals surface area contributed by atoms with E-state index in [9.17, 15) is 4.79 Å². The predicted octanol–water partition coefficient (Wildman–Crippen LogP) is 0.903. The van der Waals surface area contributed by atoms with Gasteiger partial charge >= 0.3 is 58.8 Å². The van der Waals surface area contributed by atoms with E-state index in [2.05, 4.69) is 0 Å². The van der Waals surface area contributed by atoms with Crippen LogP contribution in [0.15, 0.2) is 0 Å². The molecule has 0 bridgehead atoms. The number of hydrogen-bond donors (Lipinski definition) is 0. The van der Waals surface area contributed by atoms with E-state index in [1.165, 1.54) is 0 Å². The van der Waals surface area contributed by atoms with Crippen LogP contribution in [0.25, 0.3) is 0 Å².